The Morgan fingerprint density at radius 1 is 1.56 bits per heavy atom. The molecular formula is C14H22N4. The van der Waals surface area contributed by atoms with E-state index in [0.717, 1.165) is 12.4 Å². The predicted octanol–water partition coefficient (Wildman–Crippen LogP) is 2.63. The molecule has 1 fully saturated rings. The van der Waals surface area contributed by atoms with Crippen LogP contribution in [0, 0.1) is 11.3 Å². The van der Waals surface area contributed by atoms with Crippen molar-refractivity contribution < 1.29 is 0 Å². The summed E-state index contributed by atoms with van der Waals surface area (Å²) in [6.45, 7) is 5.45. The Balaban J connectivity index is 1.90. The first kappa shape index (κ1) is 12.9. The fourth-order valence-electron chi connectivity index (χ4n) is 2.55. The van der Waals surface area contributed by atoms with Crippen LogP contribution in [0.15, 0.2) is 29.4 Å². The van der Waals surface area contributed by atoms with Crippen LogP contribution in [0.1, 0.15) is 33.1 Å². The third-order valence-corrected chi connectivity index (χ3v) is 3.88. The van der Waals surface area contributed by atoms with Gasteiger partial charge >= 0.3 is 0 Å². The van der Waals surface area contributed by atoms with Crippen molar-refractivity contribution in [3.05, 3.63) is 24.4 Å². The molecule has 1 atom stereocenters. The Morgan fingerprint density at radius 2 is 2.39 bits per heavy atom. The number of nitrogens with two attached hydrogens (primary N) is 1. The van der Waals surface area contributed by atoms with E-state index in [-0.39, 0.29) is 0 Å². The smallest absolute Gasteiger partial charge is 0.194 e. The number of aliphatic imine (C=N–C) groups is 1. The van der Waals surface area contributed by atoms with Crippen LogP contribution >= 0.6 is 0 Å². The summed E-state index contributed by atoms with van der Waals surface area (Å²) in [7, 11) is 0. The number of nitrogens with one attached hydrogen (secondary N) is 1. The first-order valence-electron chi connectivity index (χ1n) is 6.56. The third kappa shape index (κ3) is 3.22. The van der Waals surface area contributed by atoms with Crippen LogP contribution in [0.4, 0.5) is 5.82 Å². The van der Waals surface area contributed by atoms with Gasteiger partial charge in [0.1, 0.15) is 5.82 Å². The van der Waals surface area contributed by atoms with Crippen molar-refractivity contribution >= 4 is 11.8 Å². The number of hydrogen-bond acceptors (Lipinski definition) is 2. The van der Waals surface area contributed by atoms with Crippen LogP contribution in [-0.4, -0.2) is 17.5 Å². The van der Waals surface area contributed by atoms with Gasteiger partial charge < -0.3 is 11.1 Å². The lowest BCUT2D eigenvalue weighted by atomic mass is 9.82. The molecule has 1 aromatic heterocycles. The molecule has 1 aliphatic rings. The Bertz CT molecular complexity index is 411. The summed E-state index contributed by atoms with van der Waals surface area (Å²) in [5.41, 5.74) is 6.27. The average molecular weight is 246 g/mol. The number of aromatic nitrogens is 1. The highest BCUT2D eigenvalue weighted by Gasteiger charge is 2.33. The Hall–Kier alpha value is -1.58. The quantitative estimate of drug-likeness (QED) is 0.636. The van der Waals surface area contributed by atoms with Crippen molar-refractivity contribution in [1.29, 1.82) is 0 Å². The lowest BCUT2D eigenvalue weighted by Gasteiger charge is -2.25. The van der Waals surface area contributed by atoms with Crippen LogP contribution in [0.5, 0.6) is 0 Å². The first-order valence-corrected chi connectivity index (χ1v) is 6.56. The maximum atomic E-state index is 5.87. The summed E-state index contributed by atoms with van der Waals surface area (Å²) in [5, 5.41) is 3.01. The van der Waals surface area contributed by atoms with Crippen LogP contribution in [-0.2, 0) is 0 Å². The summed E-state index contributed by atoms with van der Waals surface area (Å²) >= 11 is 0. The zero-order chi connectivity index (χ0) is 13.0. The minimum Gasteiger partial charge on any atom is -0.370 e. The van der Waals surface area contributed by atoms with E-state index in [2.05, 4.69) is 29.1 Å². The summed E-state index contributed by atoms with van der Waals surface area (Å²) in [6.07, 6.45) is 5.59. The second-order valence-corrected chi connectivity index (χ2v) is 5.64. The molecule has 1 aliphatic carbocycles. The fraction of sp³-hybridized carbons (Fsp3) is 0.571. The van der Waals surface area contributed by atoms with E-state index in [1.807, 2.05) is 18.2 Å². The van der Waals surface area contributed by atoms with Gasteiger partial charge in [0.15, 0.2) is 5.96 Å². The Morgan fingerprint density at radius 3 is 3.00 bits per heavy atom. The topological polar surface area (TPSA) is 63.3 Å². The van der Waals surface area contributed by atoms with Gasteiger partial charge in [0.05, 0.1) is 0 Å². The second kappa shape index (κ2) is 5.38. The summed E-state index contributed by atoms with van der Waals surface area (Å²) in [6, 6.07) is 5.67. The van der Waals surface area contributed by atoms with Crippen LogP contribution in [0.2, 0.25) is 0 Å². The first-order chi connectivity index (χ1) is 8.58. The molecule has 3 N–H and O–H groups in total. The zero-order valence-corrected chi connectivity index (χ0v) is 11.2. The van der Waals surface area contributed by atoms with Crippen molar-refractivity contribution in [2.24, 2.45) is 22.1 Å². The van der Waals surface area contributed by atoms with Gasteiger partial charge in [0, 0.05) is 12.7 Å². The van der Waals surface area contributed by atoms with Crippen molar-refractivity contribution in [2.75, 3.05) is 11.9 Å². The van der Waals surface area contributed by atoms with E-state index in [1.54, 1.807) is 6.20 Å². The van der Waals surface area contributed by atoms with Gasteiger partial charge in [-0.25, -0.2) is 4.98 Å². The number of guanidine groups is 1. The molecule has 0 saturated heterocycles. The molecule has 0 bridgehead atoms. The van der Waals surface area contributed by atoms with E-state index in [0.29, 0.717) is 17.3 Å². The molecular weight excluding hydrogens is 224 g/mol. The number of rotatable bonds is 3. The van der Waals surface area contributed by atoms with Gasteiger partial charge in [-0.05, 0) is 36.3 Å². The largest absolute Gasteiger partial charge is 0.370 e. The van der Waals surface area contributed by atoms with Crippen molar-refractivity contribution in [2.45, 2.75) is 33.1 Å². The number of anilines is 1. The molecule has 1 aromatic rings. The monoisotopic (exact) mass is 246 g/mol. The van der Waals surface area contributed by atoms with Crippen LogP contribution in [0.25, 0.3) is 0 Å². The lowest BCUT2D eigenvalue weighted by molar-refractivity contribution is 0.267. The van der Waals surface area contributed by atoms with Crippen molar-refractivity contribution in [1.82, 2.24) is 4.98 Å². The average Bonchev–Trinajstić information content (AvgIpc) is 2.67. The van der Waals surface area contributed by atoms with E-state index in [1.165, 1.54) is 19.3 Å². The Labute approximate surface area is 109 Å². The third-order valence-electron chi connectivity index (χ3n) is 3.88. The molecule has 0 aliphatic heterocycles. The second-order valence-electron chi connectivity index (χ2n) is 5.64. The molecule has 0 aromatic carbocycles. The maximum Gasteiger partial charge on any atom is 0.194 e. The molecule has 0 amide bonds. The normalized spacial score (nSPS) is 23.0. The molecule has 0 radical (unpaired) electrons. The van der Waals surface area contributed by atoms with Gasteiger partial charge in [-0.2, -0.15) is 0 Å². The van der Waals surface area contributed by atoms with E-state index in [4.69, 9.17) is 5.73 Å². The fourth-order valence-corrected chi connectivity index (χ4v) is 2.55. The summed E-state index contributed by atoms with van der Waals surface area (Å²) in [5.74, 6) is 1.84. The van der Waals surface area contributed by atoms with Crippen LogP contribution < -0.4 is 11.1 Å². The molecule has 4 heteroatoms. The standard InChI is InChI=1S/C14H22N4/c1-14(2)8-5-6-11(14)10-17-13(15)18-12-7-3-4-9-16-12/h3-4,7,9,11H,5-6,8,10H2,1-2H3,(H3,15,16,17,18). The molecule has 18 heavy (non-hydrogen) atoms. The van der Waals surface area contributed by atoms with E-state index in [9.17, 15) is 0 Å². The maximum absolute atomic E-state index is 5.87. The molecule has 0 spiro atoms. The van der Waals surface area contributed by atoms with E-state index >= 15 is 0 Å². The summed E-state index contributed by atoms with van der Waals surface area (Å²) in [4.78, 5) is 8.60. The number of pyridine rings is 1. The van der Waals surface area contributed by atoms with Crippen molar-refractivity contribution in [3.8, 4) is 0 Å². The summed E-state index contributed by atoms with van der Waals surface area (Å²) < 4.78 is 0. The minimum atomic E-state index is 0.398. The van der Waals surface area contributed by atoms with Gasteiger partial charge in [-0.15, -0.1) is 0 Å². The number of nitrogens with zero attached hydrogens (tertiary/aromatic N) is 2. The molecule has 1 unspecified atom stereocenters. The highest BCUT2D eigenvalue weighted by molar-refractivity contribution is 5.91. The lowest BCUT2D eigenvalue weighted by Crippen LogP contribution is -2.26. The highest BCUT2D eigenvalue weighted by Crippen LogP contribution is 2.42. The number of hydrogen-bond donors (Lipinski definition) is 2. The molecule has 98 valence electrons. The van der Waals surface area contributed by atoms with Gasteiger partial charge in [0.25, 0.3) is 0 Å². The predicted molar refractivity (Wildman–Crippen MR) is 75.5 cm³/mol. The van der Waals surface area contributed by atoms with Crippen LogP contribution in [0.3, 0.4) is 0 Å². The molecule has 4 nitrogen and oxygen atoms in total. The minimum absolute atomic E-state index is 0.398. The van der Waals surface area contributed by atoms with Gasteiger partial charge in [0.2, 0.25) is 0 Å². The van der Waals surface area contributed by atoms with E-state index < -0.39 is 0 Å². The van der Waals surface area contributed by atoms with Crippen molar-refractivity contribution in [3.63, 3.8) is 0 Å². The molecule has 2 rings (SSSR count). The molecule has 1 saturated carbocycles. The zero-order valence-electron chi connectivity index (χ0n) is 11.2. The SMILES string of the molecule is CC1(C)CCCC1CN=C(N)Nc1ccccn1. The Kier molecular flexibility index (Phi) is 3.84. The highest BCUT2D eigenvalue weighted by atomic mass is 15.1. The van der Waals surface area contributed by atoms with Gasteiger partial charge in [-0.3, -0.25) is 4.99 Å². The molecule has 1 heterocycles. The van der Waals surface area contributed by atoms with Gasteiger partial charge in [-0.1, -0.05) is 26.3 Å².